The highest BCUT2D eigenvalue weighted by molar-refractivity contribution is 5.64. The standard InChI is InChI=1S/C21H23N3O3/c1-27-18-9-7-16(8-10-18)22-11-13-23(14-12-22)19-15-20(25)24(21(19)26)17-5-3-2-4-6-17/h2-10,15,25-26H,11-14H2,1H3. The molecule has 140 valence electrons. The molecule has 0 radical (unpaired) electrons. The number of ether oxygens (including phenoxy) is 1. The Hall–Kier alpha value is -3.28. The van der Waals surface area contributed by atoms with E-state index in [1.165, 1.54) is 4.57 Å². The van der Waals surface area contributed by atoms with Crippen LogP contribution in [-0.2, 0) is 0 Å². The van der Waals surface area contributed by atoms with Gasteiger partial charge < -0.3 is 24.7 Å². The van der Waals surface area contributed by atoms with Gasteiger partial charge in [0.1, 0.15) is 11.4 Å². The van der Waals surface area contributed by atoms with Gasteiger partial charge in [-0.25, -0.2) is 4.57 Å². The molecule has 1 aliphatic rings. The molecular formula is C21H23N3O3. The summed E-state index contributed by atoms with van der Waals surface area (Å²) in [4.78, 5) is 4.41. The van der Waals surface area contributed by atoms with Crippen LogP contribution in [0.2, 0.25) is 0 Å². The van der Waals surface area contributed by atoms with Gasteiger partial charge in [-0.15, -0.1) is 0 Å². The number of aromatic nitrogens is 1. The van der Waals surface area contributed by atoms with Crippen molar-refractivity contribution in [2.45, 2.75) is 0 Å². The van der Waals surface area contributed by atoms with Crippen molar-refractivity contribution >= 4 is 11.4 Å². The second-order valence-corrected chi connectivity index (χ2v) is 6.55. The average molecular weight is 365 g/mol. The molecule has 1 aromatic heterocycles. The van der Waals surface area contributed by atoms with Crippen molar-refractivity contribution in [3.05, 3.63) is 60.7 Å². The number of hydrogen-bond acceptors (Lipinski definition) is 5. The van der Waals surface area contributed by atoms with Crippen LogP contribution in [0, 0.1) is 0 Å². The maximum Gasteiger partial charge on any atom is 0.223 e. The van der Waals surface area contributed by atoms with E-state index >= 15 is 0 Å². The fourth-order valence-corrected chi connectivity index (χ4v) is 3.54. The van der Waals surface area contributed by atoms with E-state index in [0.717, 1.165) is 43.3 Å². The van der Waals surface area contributed by atoms with Crippen LogP contribution in [0.5, 0.6) is 17.5 Å². The molecule has 2 aromatic carbocycles. The number of hydrogen-bond donors (Lipinski definition) is 2. The predicted octanol–water partition coefficient (Wildman–Crippen LogP) is 3.22. The molecular weight excluding hydrogens is 342 g/mol. The Morgan fingerprint density at radius 1 is 0.778 bits per heavy atom. The van der Waals surface area contributed by atoms with E-state index in [9.17, 15) is 10.2 Å². The number of piperazine rings is 1. The number of rotatable bonds is 4. The second kappa shape index (κ2) is 7.15. The summed E-state index contributed by atoms with van der Waals surface area (Å²) < 4.78 is 6.68. The van der Waals surface area contributed by atoms with Crippen LogP contribution < -0.4 is 14.5 Å². The molecule has 2 N–H and O–H groups in total. The topological polar surface area (TPSA) is 61.1 Å². The Kier molecular flexibility index (Phi) is 4.54. The highest BCUT2D eigenvalue weighted by Crippen LogP contribution is 2.38. The largest absolute Gasteiger partial charge is 0.497 e. The highest BCUT2D eigenvalue weighted by atomic mass is 16.5. The number of nitrogens with zero attached hydrogens (tertiary/aromatic N) is 3. The molecule has 6 nitrogen and oxygen atoms in total. The van der Waals surface area contributed by atoms with E-state index in [0.29, 0.717) is 5.69 Å². The minimum Gasteiger partial charge on any atom is -0.497 e. The Labute approximate surface area is 158 Å². The van der Waals surface area contributed by atoms with Gasteiger partial charge >= 0.3 is 0 Å². The fourth-order valence-electron chi connectivity index (χ4n) is 3.54. The summed E-state index contributed by atoms with van der Waals surface area (Å²) in [6, 6.07) is 19.0. The molecule has 4 rings (SSSR count). The first kappa shape index (κ1) is 17.1. The van der Waals surface area contributed by atoms with Crippen LogP contribution in [0.1, 0.15) is 0 Å². The first-order valence-corrected chi connectivity index (χ1v) is 9.00. The predicted molar refractivity (Wildman–Crippen MR) is 107 cm³/mol. The van der Waals surface area contributed by atoms with Crippen molar-refractivity contribution in [3.63, 3.8) is 0 Å². The van der Waals surface area contributed by atoms with E-state index in [4.69, 9.17) is 4.74 Å². The normalized spacial score (nSPS) is 14.4. The molecule has 6 heteroatoms. The Bertz CT molecular complexity index is 898. The molecule has 1 fully saturated rings. The molecule has 0 unspecified atom stereocenters. The van der Waals surface area contributed by atoms with Crippen molar-refractivity contribution in [1.82, 2.24) is 4.57 Å². The first-order valence-electron chi connectivity index (χ1n) is 9.00. The molecule has 0 amide bonds. The first-order chi connectivity index (χ1) is 13.2. The summed E-state index contributed by atoms with van der Waals surface area (Å²) in [5.74, 6) is 0.947. The van der Waals surface area contributed by atoms with Crippen LogP contribution in [0.15, 0.2) is 60.7 Å². The summed E-state index contributed by atoms with van der Waals surface area (Å²) >= 11 is 0. The third-order valence-electron chi connectivity index (χ3n) is 5.01. The van der Waals surface area contributed by atoms with Gasteiger partial charge in [0.25, 0.3) is 0 Å². The molecule has 0 saturated carbocycles. The molecule has 1 saturated heterocycles. The minimum absolute atomic E-state index is 0.0336. The quantitative estimate of drug-likeness (QED) is 0.743. The molecule has 0 aliphatic carbocycles. The molecule has 2 heterocycles. The smallest absolute Gasteiger partial charge is 0.223 e. The van der Waals surface area contributed by atoms with Gasteiger partial charge in [0.15, 0.2) is 0 Å². The van der Waals surface area contributed by atoms with E-state index < -0.39 is 0 Å². The van der Waals surface area contributed by atoms with Crippen LogP contribution in [-0.4, -0.2) is 48.1 Å². The van der Waals surface area contributed by atoms with E-state index in [2.05, 4.69) is 21.9 Å². The van der Waals surface area contributed by atoms with E-state index in [1.807, 2.05) is 42.5 Å². The average Bonchev–Trinajstić information content (AvgIpc) is 3.03. The zero-order chi connectivity index (χ0) is 18.8. The van der Waals surface area contributed by atoms with Gasteiger partial charge in [0.05, 0.1) is 12.8 Å². The monoisotopic (exact) mass is 365 g/mol. The molecule has 27 heavy (non-hydrogen) atoms. The van der Waals surface area contributed by atoms with Gasteiger partial charge in [0, 0.05) is 37.9 Å². The minimum atomic E-state index is 0.0336. The molecule has 0 spiro atoms. The maximum absolute atomic E-state index is 10.7. The number of anilines is 2. The molecule has 0 atom stereocenters. The zero-order valence-corrected chi connectivity index (χ0v) is 15.2. The van der Waals surface area contributed by atoms with Crippen LogP contribution in [0.4, 0.5) is 11.4 Å². The van der Waals surface area contributed by atoms with Crippen LogP contribution in [0.25, 0.3) is 5.69 Å². The second-order valence-electron chi connectivity index (χ2n) is 6.55. The summed E-state index contributed by atoms with van der Waals surface area (Å²) in [5.41, 5.74) is 2.55. The molecule has 0 bridgehead atoms. The number of para-hydroxylation sites is 1. The SMILES string of the molecule is COc1ccc(N2CCN(c3cc(O)n(-c4ccccc4)c3O)CC2)cc1. The fraction of sp³-hybridized carbons (Fsp3) is 0.238. The number of methoxy groups -OCH3 is 1. The summed E-state index contributed by atoms with van der Waals surface area (Å²) in [6.07, 6.45) is 0. The number of aromatic hydroxyl groups is 2. The zero-order valence-electron chi connectivity index (χ0n) is 15.2. The third-order valence-corrected chi connectivity index (χ3v) is 5.01. The molecule has 1 aliphatic heterocycles. The third kappa shape index (κ3) is 3.26. The number of benzene rings is 2. The lowest BCUT2D eigenvalue weighted by atomic mass is 10.2. The summed E-state index contributed by atoms with van der Waals surface area (Å²) in [6.45, 7) is 3.20. The van der Waals surface area contributed by atoms with E-state index in [1.54, 1.807) is 13.2 Å². The van der Waals surface area contributed by atoms with Gasteiger partial charge in [-0.2, -0.15) is 0 Å². The Morgan fingerprint density at radius 2 is 1.41 bits per heavy atom. The Morgan fingerprint density at radius 3 is 2.04 bits per heavy atom. The molecule has 3 aromatic rings. The highest BCUT2D eigenvalue weighted by Gasteiger charge is 2.24. The van der Waals surface area contributed by atoms with Gasteiger partial charge in [-0.3, -0.25) is 0 Å². The van der Waals surface area contributed by atoms with E-state index in [-0.39, 0.29) is 11.8 Å². The van der Waals surface area contributed by atoms with Crippen LogP contribution >= 0.6 is 0 Å². The van der Waals surface area contributed by atoms with Gasteiger partial charge in [-0.1, -0.05) is 18.2 Å². The van der Waals surface area contributed by atoms with Crippen molar-refractivity contribution in [1.29, 1.82) is 0 Å². The summed E-state index contributed by atoms with van der Waals surface area (Å²) in [5, 5.41) is 21.0. The summed E-state index contributed by atoms with van der Waals surface area (Å²) in [7, 11) is 1.66. The Balaban J connectivity index is 1.50. The van der Waals surface area contributed by atoms with Gasteiger partial charge in [-0.05, 0) is 36.4 Å². The van der Waals surface area contributed by atoms with Crippen molar-refractivity contribution in [2.24, 2.45) is 0 Å². The van der Waals surface area contributed by atoms with Crippen LogP contribution in [0.3, 0.4) is 0 Å². The lowest BCUT2D eigenvalue weighted by Crippen LogP contribution is -2.46. The van der Waals surface area contributed by atoms with Gasteiger partial charge in [0.2, 0.25) is 11.8 Å². The lowest BCUT2D eigenvalue weighted by molar-refractivity contribution is 0.402. The lowest BCUT2D eigenvalue weighted by Gasteiger charge is -2.37. The van der Waals surface area contributed by atoms with Crippen molar-refractivity contribution < 1.29 is 14.9 Å². The van der Waals surface area contributed by atoms with Crippen molar-refractivity contribution in [3.8, 4) is 23.2 Å². The van der Waals surface area contributed by atoms with Crippen molar-refractivity contribution in [2.75, 3.05) is 43.1 Å². The maximum atomic E-state index is 10.7.